The van der Waals surface area contributed by atoms with Crippen LogP contribution in [0.25, 0.3) is 0 Å². The zero-order valence-electron chi connectivity index (χ0n) is 25.1. The molecule has 0 radical (unpaired) electrons. The van der Waals surface area contributed by atoms with Crippen LogP contribution in [0.15, 0.2) is 24.3 Å². The molecule has 1 heterocycles. The number of unbranched alkanes of at least 4 members (excludes halogenated alkanes) is 5. The second kappa shape index (κ2) is 17.3. The van der Waals surface area contributed by atoms with Gasteiger partial charge in [0.05, 0.1) is 24.9 Å². The number of aryl methyl sites for hydroxylation is 2. The van der Waals surface area contributed by atoms with E-state index in [1.54, 1.807) is 0 Å². The third-order valence-corrected chi connectivity index (χ3v) is 7.78. The minimum atomic E-state index is -1.13. The van der Waals surface area contributed by atoms with Crippen LogP contribution in [0.5, 0.6) is 0 Å². The van der Waals surface area contributed by atoms with Gasteiger partial charge in [-0.25, -0.2) is 4.79 Å². The number of esters is 1. The number of aliphatic hydroxyl groups is 2. The summed E-state index contributed by atoms with van der Waals surface area (Å²) in [6.07, 6.45) is 8.75. The molecular weight excluding hydrogens is 494 g/mol. The first-order valence-electron chi connectivity index (χ1n) is 15.2. The molecule has 6 atom stereocenters. The lowest BCUT2D eigenvalue weighted by molar-refractivity contribution is -0.251. The van der Waals surface area contributed by atoms with Gasteiger partial charge in [-0.15, -0.1) is 0 Å². The van der Waals surface area contributed by atoms with Gasteiger partial charge in [0.15, 0.2) is 12.4 Å². The van der Waals surface area contributed by atoms with Crippen molar-refractivity contribution in [3.05, 3.63) is 35.4 Å². The molecule has 4 N–H and O–H groups in total. The van der Waals surface area contributed by atoms with E-state index in [2.05, 4.69) is 31.2 Å². The van der Waals surface area contributed by atoms with Crippen LogP contribution in [0, 0.1) is 11.8 Å². The maximum atomic E-state index is 12.4. The molecule has 1 aromatic rings. The van der Waals surface area contributed by atoms with Crippen LogP contribution in [-0.2, 0) is 31.8 Å². The fourth-order valence-electron chi connectivity index (χ4n) is 5.06. The summed E-state index contributed by atoms with van der Waals surface area (Å²) in [7, 11) is 0. The van der Waals surface area contributed by atoms with Gasteiger partial charge in [0, 0.05) is 12.3 Å². The Labute approximate surface area is 236 Å². The average Bonchev–Trinajstić information content (AvgIpc) is 2.90. The minimum absolute atomic E-state index is 0.123. The highest BCUT2D eigenvalue weighted by molar-refractivity contribution is 5.74. The number of benzene rings is 1. The maximum Gasteiger partial charge on any atom is 0.335 e. The molecule has 0 bridgehead atoms. The number of carbonyl (C=O) groups excluding carboxylic acids is 1. The molecule has 7 heteroatoms. The lowest BCUT2D eigenvalue weighted by atomic mass is 9.92. The number of nitrogens with two attached hydrogens (primary N) is 1. The summed E-state index contributed by atoms with van der Waals surface area (Å²) in [6.45, 7) is 9.88. The Kier molecular flexibility index (Phi) is 15.0. The van der Waals surface area contributed by atoms with E-state index in [0.29, 0.717) is 19.3 Å². The van der Waals surface area contributed by atoms with Crippen LogP contribution in [0.1, 0.15) is 104 Å². The summed E-state index contributed by atoms with van der Waals surface area (Å²) in [6, 6.07) is 8.72. The fraction of sp³-hybridized carbons (Fsp3) is 0.781. The van der Waals surface area contributed by atoms with Crippen molar-refractivity contribution >= 4 is 5.97 Å². The second-order valence-electron chi connectivity index (χ2n) is 12.2. The van der Waals surface area contributed by atoms with E-state index < -0.39 is 30.0 Å². The van der Waals surface area contributed by atoms with Crippen molar-refractivity contribution in [2.24, 2.45) is 17.6 Å². The molecule has 2 rings (SSSR count). The summed E-state index contributed by atoms with van der Waals surface area (Å²) >= 11 is 0. The van der Waals surface area contributed by atoms with Crippen LogP contribution in [0.4, 0.5) is 0 Å². The van der Waals surface area contributed by atoms with Crippen molar-refractivity contribution in [3.63, 3.8) is 0 Å². The second-order valence-corrected chi connectivity index (χ2v) is 12.2. The zero-order chi connectivity index (χ0) is 28.8. The Hall–Kier alpha value is -1.51. The lowest BCUT2D eigenvalue weighted by Gasteiger charge is -2.40. The van der Waals surface area contributed by atoms with E-state index in [-0.39, 0.29) is 31.2 Å². The highest BCUT2D eigenvalue weighted by atomic mass is 16.7. The summed E-state index contributed by atoms with van der Waals surface area (Å²) in [5, 5.41) is 20.2. The fourth-order valence-corrected chi connectivity index (χ4v) is 5.06. The molecule has 0 amide bonds. The summed E-state index contributed by atoms with van der Waals surface area (Å²) in [4.78, 5) is 12.4. The number of hydrogen-bond donors (Lipinski definition) is 3. The Morgan fingerprint density at radius 3 is 2.31 bits per heavy atom. The predicted molar refractivity (Wildman–Crippen MR) is 155 cm³/mol. The quantitative estimate of drug-likeness (QED) is 0.168. The molecular formula is C32H55NO6. The smallest absolute Gasteiger partial charge is 0.335 e. The SMILES string of the molecule is CCCCCCCCc1ccc(CCC(N)(CO)COC2O[C@@H](C)C[C@H](OC(=O)[C@H](O)CC(C)C)[C@H]2C)cc1. The van der Waals surface area contributed by atoms with Crippen LogP contribution in [0.3, 0.4) is 0 Å². The first kappa shape index (κ1) is 33.7. The van der Waals surface area contributed by atoms with E-state index in [4.69, 9.17) is 19.9 Å². The molecule has 1 aromatic carbocycles. The molecule has 1 aliphatic rings. The van der Waals surface area contributed by atoms with Crippen molar-refractivity contribution in [2.45, 2.75) is 135 Å². The molecule has 7 nitrogen and oxygen atoms in total. The maximum absolute atomic E-state index is 12.4. The molecule has 1 saturated heterocycles. The Bertz CT molecular complexity index is 815. The standard InChI is InChI=1S/C32H55NO6/c1-6-7-8-9-10-11-12-26-13-15-27(16-14-26)17-18-32(33,21-34)22-37-31-25(5)29(20-24(4)38-31)39-30(36)28(35)19-23(2)3/h13-16,23-25,28-29,31,34-35H,6-12,17-22,33H2,1-5H3/t24-,25+,28+,29-,31?,32?/m0/s1. The number of hydrogen-bond acceptors (Lipinski definition) is 7. The number of ether oxygens (including phenoxy) is 3. The van der Waals surface area contributed by atoms with Gasteiger partial charge in [0.2, 0.25) is 0 Å². The Morgan fingerprint density at radius 1 is 1.08 bits per heavy atom. The summed E-state index contributed by atoms with van der Waals surface area (Å²) in [5.41, 5.74) is 8.18. The van der Waals surface area contributed by atoms with Gasteiger partial charge in [0.1, 0.15) is 6.10 Å². The van der Waals surface area contributed by atoms with E-state index >= 15 is 0 Å². The third kappa shape index (κ3) is 12.3. The van der Waals surface area contributed by atoms with Crippen molar-refractivity contribution in [1.29, 1.82) is 0 Å². The first-order chi connectivity index (χ1) is 18.6. The lowest BCUT2D eigenvalue weighted by Crippen LogP contribution is -2.52. The number of aliphatic hydroxyl groups excluding tert-OH is 2. The van der Waals surface area contributed by atoms with Crippen molar-refractivity contribution < 1.29 is 29.2 Å². The van der Waals surface area contributed by atoms with Gasteiger partial charge in [-0.2, -0.15) is 0 Å². The van der Waals surface area contributed by atoms with Crippen LogP contribution in [-0.4, -0.2) is 59.5 Å². The van der Waals surface area contributed by atoms with Crippen LogP contribution < -0.4 is 5.73 Å². The first-order valence-corrected chi connectivity index (χ1v) is 15.2. The van der Waals surface area contributed by atoms with Gasteiger partial charge >= 0.3 is 5.97 Å². The topological polar surface area (TPSA) is 111 Å². The highest BCUT2D eigenvalue weighted by Gasteiger charge is 2.39. The molecule has 0 aromatic heterocycles. The summed E-state index contributed by atoms with van der Waals surface area (Å²) in [5.74, 6) is -0.651. The molecule has 2 unspecified atom stereocenters. The number of rotatable bonds is 18. The molecule has 1 fully saturated rings. The third-order valence-electron chi connectivity index (χ3n) is 7.78. The minimum Gasteiger partial charge on any atom is -0.460 e. The molecule has 0 spiro atoms. The molecule has 1 aliphatic heterocycles. The monoisotopic (exact) mass is 549 g/mol. The normalized spacial score (nSPS) is 23.9. The van der Waals surface area contributed by atoms with Crippen molar-refractivity contribution in [3.8, 4) is 0 Å². The molecule has 0 aliphatic carbocycles. The van der Waals surface area contributed by atoms with E-state index in [1.165, 1.54) is 49.7 Å². The largest absolute Gasteiger partial charge is 0.460 e. The van der Waals surface area contributed by atoms with E-state index in [1.807, 2.05) is 27.7 Å². The Morgan fingerprint density at radius 2 is 1.69 bits per heavy atom. The molecule has 0 saturated carbocycles. The van der Waals surface area contributed by atoms with E-state index in [0.717, 1.165) is 12.8 Å². The van der Waals surface area contributed by atoms with Crippen LogP contribution >= 0.6 is 0 Å². The van der Waals surface area contributed by atoms with Gasteiger partial charge in [-0.05, 0) is 56.1 Å². The average molecular weight is 550 g/mol. The van der Waals surface area contributed by atoms with Gasteiger partial charge in [-0.1, -0.05) is 84.1 Å². The summed E-state index contributed by atoms with van der Waals surface area (Å²) < 4.78 is 17.7. The van der Waals surface area contributed by atoms with Gasteiger partial charge in [-0.3, -0.25) is 0 Å². The molecule has 224 valence electrons. The Balaban J connectivity index is 1.83. The van der Waals surface area contributed by atoms with Gasteiger partial charge in [0.25, 0.3) is 0 Å². The number of carbonyl (C=O) groups is 1. The predicted octanol–water partition coefficient (Wildman–Crippen LogP) is 5.32. The van der Waals surface area contributed by atoms with Crippen molar-refractivity contribution in [2.75, 3.05) is 13.2 Å². The van der Waals surface area contributed by atoms with E-state index in [9.17, 15) is 15.0 Å². The van der Waals surface area contributed by atoms with Crippen molar-refractivity contribution in [1.82, 2.24) is 0 Å². The van der Waals surface area contributed by atoms with Gasteiger partial charge < -0.3 is 30.2 Å². The highest BCUT2D eigenvalue weighted by Crippen LogP contribution is 2.30. The molecule has 39 heavy (non-hydrogen) atoms. The van der Waals surface area contributed by atoms with Crippen LogP contribution in [0.2, 0.25) is 0 Å². The zero-order valence-corrected chi connectivity index (χ0v) is 25.1.